The van der Waals surface area contributed by atoms with E-state index in [9.17, 15) is 4.79 Å². The standard InChI is InChI=1S/C19H15Cl2NO/c20-17-8-6-15(12-18(17)21)19(23)9-10-22-16-7-5-13-3-1-2-4-14(13)11-16/h1-8,11-12,22H,9-10H2. The van der Waals surface area contributed by atoms with Gasteiger partial charge in [-0.25, -0.2) is 0 Å². The van der Waals surface area contributed by atoms with Crippen molar-refractivity contribution in [2.45, 2.75) is 6.42 Å². The molecular weight excluding hydrogens is 329 g/mol. The Balaban J connectivity index is 1.61. The first-order chi connectivity index (χ1) is 11.1. The van der Waals surface area contributed by atoms with Gasteiger partial charge in [0.2, 0.25) is 0 Å². The lowest BCUT2D eigenvalue weighted by Gasteiger charge is -2.08. The zero-order valence-electron chi connectivity index (χ0n) is 12.4. The van der Waals surface area contributed by atoms with Gasteiger partial charge in [-0.1, -0.05) is 53.5 Å². The molecule has 0 radical (unpaired) electrons. The summed E-state index contributed by atoms with van der Waals surface area (Å²) in [6.45, 7) is 0.567. The van der Waals surface area contributed by atoms with Crippen LogP contribution in [0.4, 0.5) is 5.69 Å². The van der Waals surface area contributed by atoms with Gasteiger partial charge >= 0.3 is 0 Å². The van der Waals surface area contributed by atoms with Crippen molar-refractivity contribution in [2.75, 3.05) is 11.9 Å². The molecule has 3 aromatic carbocycles. The van der Waals surface area contributed by atoms with E-state index in [0.717, 1.165) is 5.69 Å². The van der Waals surface area contributed by atoms with Crippen LogP contribution in [0.3, 0.4) is 0 Å². The molecule has 0 aliphatic carbocycles. The highest BCUT2D eigenvalue weighted by atomic mass is 35.5. The number of benzene rings is 3. The van der Waals surface area contributed by atoms with Gasteiger partial charge in [-0.2, -0.15) is 0 Å². The Labute approximate surface area is 145 Å². The number of ketones is 1. The highest BCUT2D eigenvalue weighted by Gasteiger charge is 2.08. The number of hydrogen-bond acceptors (Lipinski definition) is 2. The van der Waals surface area contributed by atoms with Crippen molar-refractivity contribution in [1.82, 2.24) is 0 Å². The average molecular weight is 344 g/mol. The number of fused-ring (bicyclic) bond motifs is 1. The maximum absolute atomic E-state index is 12.2. The Morgan fingerprint density at radius 2 is 1.65 bits per heavy atom. The molecule has 0 atom stereocenters. The third-order valence-electron chi connectivity index (χ3n) is 3.67. The molecule has 0 unspecified atom stereocenters. The maximum Gasteiger partial charge on any atom is 0.164 e. The molecule has 0 saturated carbocycles. The minimum absolute atomic E-state index is 0.0388. The molecule has 0 aliphatic heterocycles. The number of carbonyl (C=O) groups is 1. The number of anilines is 1. The first-order valence-corrected chi connectivity index (χ1v) is 8.10. The summed E-state index contributed by atoms with van der Waals surface area (Å²) in [4.78, 5) is 12.2. The van der Waals surface area contributed by atoms with Crippen LogP contribution in [-0.4, -0.2) is 12.3 Å². The van der Waals surface area contributed by atoms with Gasteiger partial charge in [-0.05, 0) is 41.1 Å². The Morgan fingerprint density at radius 1 is 0.870 bits per heavy atom. The largest absolute Gasteiger partial charge is 0.385 e. The Bertz CT molecular complexity index is 861. The maximum atomic E-state index is 12.2. The van der Waals surface area contributed by atoms with Gasteiger partial charge in [0.1, 0.15) is 0 Å². The van der Waals surface area contributed by atoms with Crippen molar-refractivity contribution >= 4 is 45.4 Å². The van der Waals surface area contributed by atoms with Crippen LogP contribution < -0.4 is 5.32 Å². The minimum Gasteiger partial charge on any atom is -0.385 e. The molecular formula is C19H15Cl2NO. The van der Waals surface area contributed by atoms with E-state index in [1.165, 1.54) is 10.8 Å². The summed E-state index contributed by atoms with van der Waals surface area (Å²) < 4.78 is 0. The molecule has 0 bridgehead atoms. The van der Waals surface area contributed by atoms with Gasteiger partial charge in [-0.15, -0.1) is 0 Å². The van der Waals surface area contributed by atoms with Crippen LogP contribution in [0.5, 0.6) is 0 Å². The highest BCUT2D eigenvalue weighted by Crippen LogP contribution is 2.23. The summed E-state index contributed by atoms with van der Waals surface area (Å²) in [5.41, 5.74) is 1.59. The molecule has 0 heterocycles. The van der Waals surface area contributed by atoms with Crippen molar-refractivity contribution < 1.29 is 4.79 Å². The summed E-state index contributed by atoms with van der Waals surface area (Å²) in [6.07, 6.45) is 0.394. The lowest BCUT2D eigenvalue weighted by molar-refractivity contribution is 0.0986. The Kier molecular flexibility index (Phi) is 4.85. The normalized spacial score (nSPS) is 10.7. The lowest BCUT2D eigenvalue weighted by atomic mass is 10.1. The molecule has 4 heteroatoms. The van der Waals surface area contributed by atoms with Crippen LogP contribution in [0.1, 0.15) is 16.8 Å². The molecule has 0 spiro atoms. The van der Waals surface area contributed by atoms with Crippen LogP contribution in [0.25, 0.3) is 10.8 Å². The quantitative estimate of drug-likeness (QED) is 0.590. The van der Waals surface area contributed by atoms with E-state index in [2.05, 4.69) is 29.6 Å². The molecule has 1 N–H and O–H groups in total. The summed E-state index contributed by atoms with van der Waals surface area (Å²) in [6, 6.07) is 19.3. The summed E-state index contributed by atoms with van der Waals surface area (Å²) in [7, 11) is 0. The van der Waals surface area contributed by atoms with Gasteiger partial charge in [-0.3, -0.25) is 4.79 Å². The molecule has 3 rings (SSSR count). The molecule has 0 aliphatic rings. The fraction of sp³-hybridized carbons (Fsp3) is 0.105. The number of halogens is 2. The van der Waals surface area contributed by atoms with E-state index in [4.69, 9.17) is 23.2 Å². The summed E-state index contributed by atoms with van der Waals surface area (Å²) >= 11 is 11.8. The van der Waals surface area contributed by atoms with E-state index < -0.39 is 0 Å². The minimum atomic E-state index is 0.0388. The fourth-order valence-corrected chi connectivity index (χ4v) is 2.73. The zero-order valence-corrected chi connectivity index (χ0v) is 13.9. The smallest absolute Gasteiger partial charge is 0.164 e. The summed E-state index contributed by atoms with van der Waals surface area (Å²) in [5, 5.41) is 6.52. The van der Waals surface area contributed by atoms with E-state index >= 15 is 0 Å². The Morgan fingerprint density at radius 3 is 2.43 bits per heavy atom. The van der Waals surface area contributed by atoms with Crippen LogP contribution in [-0.2, 0) is 0 Å². The van der Waals surface area contributed by atoms with Crippen molar-refractivity contribution in [2.24, 2.45) is 0 Å². The molecule has 116 valence electrons. The van der Waals surface area contributed by atoms with Crippen LogP contribution >= 0.6 is 23.2 Å². The molecule has 0 aromatic heterocycles. The van der Waals surface area contributed by atoms with Crippen molar-refractivity contribution in [1.29, 1.82) is 0 Å². The number of nitrogens with one attached hydrogen (secondary N) is 1. The van der Waals surface area contributed by atoms with E-state index in [1.54, 1.807) is 18.2 Å². The number of hydrogen-bond donors (Lipinski definition) is 1. The third kappa shape index (κ3) is 3.84. The van der Waals surface area contributed by atoms with E-state index in [1.807, 2.05) is 18.2 Å². The van der Waals surface area contributed by atoms with E-state index in [-0.39, 0.29) is 5.78 Å². The highest BCUT2D eigenvalue weighted by molar-refractivity contribution is 6.42. The van der Waals surface area contributed by atoms with Gasteiger partial charge in [0, 0.05) is 24.2 Å². The lowest BCUT2D eigenvalue weighted by Crippen LogP contribution is -2.08. The van der Waals surface area contributed by atoms with Crippen molar-refractivity contribution in [3.8, 4) is 0 Å². The third-order valence-corrected chi connectivity index (χ3v) is 4.41. The molecule has 3 aromatic rings. The topological polar surface area (TPSA) is 29.1 Å². The van der Waals surface area contributed by atoms with Crippen LogP contribution in [0.15, 0.2) is 60.7 Å². The molecule has 0 amide bonds. The zero-order chi connectivity index (χ0) is 16.2. The van der Waals surface area contributed by atoms with Gasteiger partial charge < -0.3 is 5.32 Å². The second-order valence-corrected chi connectivity index (χ2v) is 6.11. The predicted octanol–water partition coefficient (Wildman–Crippen LogP) is 5.83. The first-order valence-electron chi connectivity index (χ1n) is 7.34. The number of carbonyl (C=O) groups excluding carboxylic acids is 1. The van der Waals surface area contributed by atoms with Crippen molar-refractivity contribution in [3.63, 3.8) is 0 Å². The fourth-order valence-electron chi connectivity index (χ4n) is 2.43. The number of Topliss-reactive ketones (excluding diaryl/α,β-unsaturated/α-hetero) is 1. The molecule has 2 nitrogen and oxygen atoms in total. The van der Waals surface area contributed by atoms with Crippen LogP contribution in [0, 0.1) is 0 Å². The molecule has 0 fully saturated rings. The SMILES string of the molecule is O=C(CCNc1ccc2ccccc2c1)c1ccc(Cl)c(Cl)c1. The second-order valence-electron chi connectivity index (χ2n) is 5.29. The Hall–Kier alpha value is -2.03. The summed E-state index contributed by atoms with van der Waals surface area (Å²) in [5.74, 6) is 0.0388. The predicted molar refractivity (Wildman–Crippen MR) is 97.8 cm³/mol. The average Bonchev–Trinajstić information content (AvgIpc) is 2.57. The monoisotopic (exact) mass is 343 g/mol. The molecule has 0 saturated heterocycles. The second kappa shape index (κ2) is 7.03. The van der Waals surface area contributed by atoms with Gasteiger partial charge in [0.15, 0.2) is 5.78 Å². The van der Waals surface area contributed by atoms with Gasteiger partial charge in [0.25, 0.3) is 0 Å². The van der Waals surface area contributed by atoms with E-state index in [0.29, 0.717) is 28.6 Å². The molecule has 23 heavy (non-hydrogen) atoms. The number of rotatable bonds is 5. The first kappa shape index (κ1) is 15.9. The van der Waals surface area contributed by atoms with Crippen LogP contribution in [0.2, 0.25) is 10.0 Å². The van der Waals surface area contributed by atoms with Crippen molar-refractivity contribution in [3.05, 3.63) is 76.3 Å². The van der Waals surface area contributed by atoms with Gasteiger partial charge in [0.05, 0.1) is 10.0 Å².